The molecule has 0 aliphatic heterocycles. The Morgan fingerprint density at radius 3 is 2.33 bits per heavy atom. The van der Waals surface area contributed by atoms with Gasteiger partial charge in [0.05, 0.1) is 22.3 Å². The minimum Gasteiger partial charge on any atom is -0.334 e. The van der Waals surface area contributed by atoms with Crippen LogP contribution in [0.3, 0.4) is 0 Å². The number of nitrogens with one attached hydrogen (secondary N) is 1. The number of unbranched alkanes of at least 4 members (excludes halogenated alkanes) is 2. The Morgan fingerprint density at radius 2 is 1.81 bits per heavy atom. The van der Waals surface area contributed by atoms with Crippen molar-refractivity contribution < 1.29 is 9.59 Å². The zero-order chi connectivity index (χ0) is 15.8. The fourth-order valence-corrected chi connectivity index (χ4v) is 2.36. The van der Waals surface area contributed by atoms with Crippen LogP contribution < -0.4 is 5.32 Å². The van der Waals surface area contributed by atoms with Crippen molar-refractivity contribution in [1.29, 1.82) is 0 Å². The normalized spacial score (nSPS) is 10.3. The third-order valence-electron chi connectivity index (χ3n) is 3.04. The third kappa shape index (κ3) is 5.94. The van der Waals surface area contributed by atoms with Crippen molar-refractivity contribution in [2.45, 2.75) is 33.1 Å². The Labute approximate surface area is 135 Å². The summed E-state index contributed by atoms with van der Waals surface area (Å²) in [5.41, 5.74) is 0.378. The first kappa shape index (κ1) is 17.8. The van der Waals surface area contributed by atoms with Gasteiger partial charge in [0.2, 0.25) is 11.8 Å². The van der Waals surface area contributed by atoms with Gasteiger partial charge in [-0.2, -0.15) is 0 Å². The van der Waals surface area contributed by atoms with Crippen molar-refractivity contribution in [3.63, 3.8) is 0 Å². The van der Waals surface area contributed by atoms with Crippen LogP contribution in [0.15, 0.2) is 18.2 Å². The highest BCUT2D eigenvalue weighted by atomic mass is 35.5. The van der Waals surface area contributed by atoms with E-state index in [1.807, 2.05) is 0 Å². The Balaban J connectivity index is 2.63. The van der Waals surface area contributed by atoms with E-state index in [2.05, 4.69) is 12.2 Å². The van der Waals surface area contributed by atoms with Gasteiger partial charge in [-0.1, -0.05) is 49.0 Å². The SMILES string of the molecule is CCCCCN(CC(=O)Nc1c(Cl)cccc1Cl)C(C)=O. The van der Waals surface area contributed by atoms with E-state index < -0.39 is 0 Å². The number of nitrogens with zero attached hydrogens (tertiary/aromatic N) is 1. The van der Waals surface area contributed by atoms with Crippen molar-refractivity contribution in [3.05, 3.63) is 28.2 Å². The second-order valence-electron chi connectivity index (χ2n) is 4.79. The first-order valence-corrected chi connectivity index (χ1v) is 7.70. The lowest BCUT2D eigenvalue weighted by molar-refractivity contribution is -0.132. The van der Waals surface area contributed by atoms with Crippen molar-refractivity contribution in [2.24, 2.45) is 0 Å². The average Bonchev–Trinajstić information content (AvgIpc) is 2.42. The highest BCUT2D eigenvalue weighted by molar-refractivity contribution is 6.39. The molecule has 0 radical (unpaired) electrons. The average molecular weight is 331 g/mol. The van der Waals surface area contributed by atoms with Gasteiger partial charge >= 0.3 is 0 Å². The Kier molecular flexibility index (Phi) is 7.54. The largest absolute Gasteiger partial charge is 0.334 e. The molecule has 0 saturated heterocycles. The Bertz CT molecular complexity index is 486. The molecule has 6 heteroatoms. The lowest BCUT2D eigenvalue weighted by atomic mass is 10.2. The number of benzene rings is 1. The van der Waals surface area contributed by atoms with E-state index in [9.17, 15) is 9.59 Å². The summed E-state index contributed by atoms with van der Waals surface area (Å²) in [6, 6.07) is 4.99. The number of amides is 2. The van der Waals surface area contributed by atoms with E-state index in [4.69, 9.17) is 23.2 Å². The molecule has 0 unspecified atom stereocenters. The van der Waals surface area contributed by atoms with E-state index in [0.717, 1.165) is 19.3 Å². The minimum absolute atomic E-state index is 0.000595. The summed E-state index contributed by atoms with van der Waals surface area (Å²) < 4.78 is 0. The van der Waals surface area contributed by atoms with Crippen molar-refractivity contribution in [3.8, 4) is 0 Å². The lowest BCUT2D eigenvalue weighted by Gasteiger charge is -2.20. The molecule has 0 fully saturated rings. The van der Waals surface area contributed by atoms with Crippen LogP contribution in [-0.4, -0.2) is 29.8 Å². The number of anilines is 1. The smallest absolute Gasteiger partial charge is 0.244 e. The summed E-state index contributed by atoms with van der Waals surface area (Å²) in [7, 11) is 0. The maximum atomic E-state index is 12.0. The molecule has 1 N–H and O–H groups in total. The summed E-state index contributed by atoms with van der Waals surface area (Å²) in [4.78, 5) is 25.1. The number of carbonyl (C=O) groups is 2. The molecule has 1 aromatic rings. The number of hydrogen-bond donors (Lipinski definition) is 1. The van der Waals surface area contributed by atoms with Gasteiger partial charge in [-0.15, -0.1) is 0 Å². The lowest BCUT2D eigenvalue weighted by Crippen LogP contribution is -2.37. The van der Waals surface area contributed by atoms with Crippen molar-refractivity contribution in [2.75, 3.05) is 18.4 Å². The Hall–Kier alpha value is -1.26. The molecule has 0 aliphatic rings. The van der Waals surface area contributed by atoms with Crippen LogP contribution >= 0.6 is 23.2 Å². The van der Waals surface area contributed by atoms with Gasteiger partial charge in [0.15, 0.2) is 0 Å². The Morgan fingerprint density at radius 1 is 1.19 bits per heavy atom. The molecule has 1 aromatic carbocycles. The monoisotopic (exact) mass is 330 g/mol. The van der Waals surface area contributed by atoms with Crippen LogP contribution in [-0.2, 0) is 9.59 Å². The molecule has 0 bridgehead atoms. The molecular formula is C15H20Cl2N2O2. The summed E-state index contributed by atoms with van der Waals surface area (Å²) in [5, 5.41) is 3.40. The molecule has 0 spiro atoms. The number of rotatable bonds is 7. The zero-order valence-corrected chi connectivity index (χ0v) is 13.8. The van der Waals surface area contributed by atoms with Gasteiger partial charge in [-0.25, -0.2) is 0 Å². The van der Waals surface area contributed by atoms with Crippen LogP contribution in [0, 0.1) is 0 Å². The van der Waals surface area contributed by atoms with Gasteiger partial charge in [-0.3, -0.25) is 9.59 Å². The van der Waals surface area contributed by atoms with Crippen LogP contribution in [0.5, 0.6) is 0 Å². The van der Waals surface area contributed by atoms with E-state index in [1.165, 1.54) is 11.8 Å². The van der Waals surface area contributed by atoms with Gasteiger partial charge in [-0.05, 0) is 18.6 Å². The summed E-state index contributed by atoms with van der Waals surface area (Å²) in [6.07, 6.45) is 2.98. The molecule has 0 heterocycles. The number of para-hydroxylation sites is 1. The first-order valence-electron chi connectivity index (χ1n) is 6.95. The highest BCUT2D eigenvalue weighted by Crippen LogP contribution is 2.29. The predicted octanol–water partition coefficient (Wildman–Crippen LogP) is 3.97. The van der Waals surface area contributed by atoms with Crippen LogP contribution in [0.4, 0.5) is 5.69 Å². The maximum Gasteiger partial charge on any atom is 0.244 e. The van der Waals surface area contributed by atoms with E-state index in [1.54, 1.807) is 18.2 Å². The molecule has 1 rings (SSSR count). The van der Waals surface area contributed by atoms with Gasteiger partial charge in [0, 0.05) is 13.5 Å². The molecule has 0 saturated carbocycles. The van der Waals surface area contributed by atoms with Crippen LogP contribution in [0.25, 0.3) is 0 Å². The topological polar surface area (TPSA) is 49.4 Å². The standard InChI is InChI=1S/C15H20Cl2N2O2/c1-3-4-5-9-19(11(2)20)10-14(21)18-15-12(16)7-6-8-13(15)17/h6-8H,3-5,9-10H2,1-2H3,(H,18,21). The van der Waals surface area contributed by atoms with E-state index >= 15 is 0 Å². The molecule has 116 valence electrons. The molecule has 0 aliphatic carbocycles. The molecule has 21 heavy (non-hydrogen) atoms. The predicted molar refractivity (Wildman–Crippen MR) is 86.9 cm³/mol. The quantitative estimate of drug-likeness (QED) is 0.769. The molecule has 0 aromatic heterocycles. The second-order valence-corrected chi connectivity index (χ2v) is 5.61. The third-order valence-corrected chi connectivity index (χ3v) is 3.67. The maximum absolute atomic E-state index is 12.0. The van der Waals surface area contributed by atoms with Crippen LogP contribution in [0.2, 0.25) is 10.0 Å². The van der Waals surface area contributed by atoms with Gasteiger partial charge < -0.3 is 10.2 Å². The summed E-state index contributed by atoms with van der Waals surface area (Å²) in [6.45, 7) is 4.12. The number of carbonyl (C=O) groups excluding carboxylic acids is 2. The molecule has 2 amide bonds. The fraction of sp³-hybridized carbons (Fsp3) is 0.467. The first-order chi connectivity index (χ1) is 9.95. The molecular weight excluding hydrogens is 311 g/mol. The minimum atomic E-state index is -0.309. The van der Waals surface area contributed by atoms with Crippen LogP contribution in [0.1, 0.15) is 33.1 Å². The molecule has 4 nitrogen and oxygen atoms in total. The second kappa shape index (κ2) is 8.90. The number of hydrogen-bond acceptors (Lipinski definition) is 2. The zero-order valence-electron chi connectivity index (χ0n) is 12.3. The molecule has 0 atom stereocenters. The van der Waals surface area contributed by atoms with Crippen molar-refractivity contribution >= 4 is 40.7 Å². The van der Waals surface area contributed by atoms with Gasteiger partial charge in [0.25, 0.3) is 0 Å². The van der Waals surface area contributed by atoms with E-state index in [0.29, 0.717) is 22.3 Å². The van der Waals surface area contributed by atoms with E-state index in [-0.39, 0.29) is 18.4 Å². The number of halogens is 2. The fourth-order valence-electron chi connectivity index (χ4n) is 1.87. The summed E-state index contributed by atoms with van der Waals surface area (Å²) >= 11 is 12.0. The van der Waals surface area contributed by atoms with Crippen molar-refractivity contribution in [1.82, 2.24) is 4.90 Å². The highest BCUT2D eigenvalue weighted by Gasteiger charge is 2.15. The van der Waals surface area contributed by atoms with Gasteiger partial charge in [0.1, 0.15) is 0 Å². The summed E-state index contributed by atoms with van der Waals surface area (Å²) in [5.74, 6) is -0.428.